The van der Waals surface area contributed by atoms with Crippen LogP contribution in [0.3, 0.4) is 0 Å². The molecule has 0 unspecified atom stereocenters. The second-order valence-electron chi connectivity index (χ2n) is 8.56. The van der Waals surface area contributed by atoms with Crippen molar-refractivity contribution in [1.82, 2.24) is 0 Å². The second kappa shape index (κ2) is 15.2. The third kappa shape index (κ3) is 14.3. The summed E-state index contributed by atoms with van der Waals surface area (Å²) >= 11 is 3.02. The summed E-state index contributed by atoms with van der Waals surface area (Å²) in [5.41, 5.74) is 0. The first-order valence-corrected chi connectivity index (χ1v) is 17.2. The summed E-state index contributed by atoms with van der Waals surface area (Å²) in [5.74, 6) is 0. The van der Waals surface area contributed by atoms with Crippen molar-refractivity contribution in [3.63, 3.8) is 0 Å². The number of rotatable bonds is 18. The van der Waals surface area contributed by atoms with E-state index in [2.05, 4.69) is 49.5 Å². The van der Waals surface area contributed by atoms with Crippen LogP contribution in [-0.2, 0) is 0 Å². The molecular weight excluding hydrogens is 422 g/mol. The van der Waals surface area contributed by atoms with Gasteiger partial charge in [0.2, 0.25) is 0 Å². The molecule has 0 heterocycles. The zero-order chi connectivity index (χ0) is 18.2. The third-order valence-corrected chi connectivity index (χ3v) is 14.7. The molecule has 0 aliphatic rings. The van der Waals surface area contributed by atoms with Gasteiger partial charge in [0.05, 0.1) is 0 Å². The summed E-state index contributed by atoms with van der Waals surface area (Å²) in [6.45, 7) is 9.71. The van der Waals surface area contributed by atoms with E-state index in [1.165, 1.54) is 96.3 Å². The molecule has 148 valence electrons. The molecule has 0 atom stereocenters. The zero-order valence-electron chi connectivity index (χ0n) is 17.6. The molecule has 0 saturated heterocycles. The van der Waals surface area contributed by atoms with Crippen LogP contribution < -0.4 is 0 Å². The molecule has 24 heavy (non-hydrogen) atoms. The van der Waals surface area contributed by atoms with E-state index < -0.39 is 4.25 Å². The number of unbranched alkanes of at least 4 members (excludes halogenated alkanes) is 12. The molecule has 0 aliphatic heterocycles. The predicted molar refractivity (Wildman–Crippen MR) is 128 cm³/mol. The van der Waals surface area contributed by atoms with Gasteiger partial charge in [-0.15, -0.1) is 0 Å². The summed E-state index contributed by atoms with van der Waals surface area (Å²) in [5, 5.41) is 0. The Hall–Kier alpha value is 1.16. The molecule has 0 N–H and O–H groups in total. The van der Waals surface area contributed by atoms with Gasteiger partial charge in [0, 0.05) is 0 Å². The van der Waals surface area contributed by atoms with Crippen LogP contribution in [-0.4, -0.2) is 25.2 Å². The van der Waals surface area contributed by atoms with Gasteiger partial charge in [-0.05, 0) is 0 Å². The number of hydrogen-bond acceptors (Lipinski definition) is 0. The van der Waals surface area contributed by atoms with Gasteiger partial charge < -0.3 is 0 Å². The maximum atomic E-state index is 3.02. The van der Waals surface area contributed by atoms with Crippen LogP contribution in [0, 0.1) is 0 Å². The second-order valence-corrected chi connectivity index (χ2v) is 23.2. The first kappa shape index (κ1) is 25.2. The Labute approximate surface area is 168 Å². The van der Waals surface area contributed by atoms with Gasteiger partial charge in [0.15, 0.2) is 0 Å². The molecule has 2 heteroatoms. The van der Waals surface area contributed by atoms with Crippen LogP contribution in [0.15, 0.2) is 0 Å². The van der Waals surface area contributed by atoms with E-state index in [1.807, 2.05) is 0 Å². The standard InChI is InChI=1S/C22H48IP/c1-5-8-11-14-17-20-24(4,23,21-18-15-12-9-6-2)22-19-16-13-10-7-3/h5-22H2,1-4H3. The Kier molecular flexibility index (Phi) is 16.0. The monoisotopic (exact) mass is 470 g/mol. The summed E-state index contributed by atoms with van der Waals surface area (Å²) in [4.78, 5) is 0. The fourth-order valence-corrected chi connectivity index (χ4v) is 10.9. The number of hydrogen-bond donors (Lipinski definition) is 0. The van der Waals surface area contributed by atoms with Crippen molar-refractivity contribution in [2.45, 2.75) is 117 Å². The van der Waals surface area contributed by atoms with E-state index in [0.717, 1.165) is 0 Å². The minimum atomic E-state index is -1.44. The minimum absolute atomic E-state index is 1.37. The van der Waals surface area contributed by atoms with Crippen molar-refractivity contribution in [2.75, 3.05) is 25.2 Å². The molecule has 0 aromatic carbocycles. The molecule has 0 saturated carbocycles. The number of halogens is 1. The van der Waals surface area contributed by atoms with Gasteiger partial charge in [-0.1, -0.05) is 0 Å². The quantitative estimate of drug-likeness (QED) is 0.106. The van der Waals surface area contributed by atoms with Gasteiger partial charge in [-0.3, -0.25) is 0 Å². The molecule has 0 aromatic heterocycles. The van der Waals surface area contributed by atoms with Crippen molar-refractivity contribution in [3.05, 3.63) is 0 Å². The summed E-state index contributed by atoms with van der Waals surface area (Å²) in [6, 6.07) is 0. The van der Waals surface area contributed by atoms with E-state index in [1.54, 1.807) is 18.5 Å². The van der Waals surface area contributed by atoms with Crippen molar-refractivity contribution in [1.29, 1.82) is 0 Å². The summed E-state index contributed by atoms with van der Waals surface area (Å²) in [7, 11) is 0. The van der Waals surface area contributed by atoms with Crippen molar-refractivity contribution >= 4 is 26.3 Å². The molecule has 0 rings (SSSR count). The van der Waals surface area contributed by atoms with E-state index in [4.69, 9.17) is 0 Å². The van der Waals surface area contributed by atoms with Gasteiger partial charge in [0.25, 0.3) is 0 Å². The Morgan fingerprint density at radius 1 is 0.458 bits per heavy atom. The van der Waals surface area contributed by atoms with Gasteiger partial charge in [-0.25, -0.2) is 0 Å². The molecular formula is C22H48IP. The third-order valence-electron chi connectivity index (χ3n) is 5.66. The predicted octanol–water partition coefficient (Wildman–Crippen LogP) is 9.43. The van der Waals surface area contributed by atoms with Gasteiger partial charge >= 0.3 is 169 Å². The summed E-state index contributed by atoms with van der Waals surface area (Å²) < 4.78 is -1.44. The van der Waals surface area contributed by atoms with Crippen LogP contribution in [0.25, 0.3) is 0 Å². The van der Waals surface area contributed by atoms with Crippen molar-refractivity contribution in [2.24, 2.45) is 0 Å². The van der Waals surface area contributed by atoms with E-state index in [-0.39, 0.29) is 0 Å². The fourth-order valence-electron chi connectivity index (χ4n) is 3.81. The van der Waals surface area contributed by atoms with Crippen LogP contribution in [0.5, 0.6) is 0 Å². The van der Waals surface area contributed by atoms with E-state index in [0.29, 0.717) is 0 Å². The Balaban J connectivity index is 4.30. The van der Waals surface area contributed by atoms with Crippen LogP contribution in [0.2, 0.25) is 0 Å². The SMILES string of the molecule is CCCCCCCP(C)(I)(CCCCCCC)CCCCCCC. The Morgan fingerprint density at radius 3 is 0.958 bits per heavy atom. The maximum absolute atomic E-state index is 3.02. The van der Waals surface area contributed by atoms with Crippen molar-refractivity contribution < 1.29 is 0 Å². The van der Waals surface area contributed by atoms with Gasteiger partial charge in [0.1, 0.15) is 0 Å². The topological polar surface area (TPSA) is 0 Å². The molecule has 0 bridgehead atoms. The molecule has 0 radical (unpaired) electrons. The van der Waals surface area contributed by atoms with E-state index in [9.17, 15) is 0 Å². The van der Waals surface area contributed by atoms with Crippen LogP contribution in [0.1, 0.15) is 117 Å². The molecule has 0 amide bonds. The Bertz CT molecular complexity index is 232. The Morgan fingerprint density at radius 2 is 0.708 bits per heavy atom. The first-order chi connectivity index (χ1) is 11.5. The van der Waals surface area contributed by atoms with E-state index >= 15 is 0 Å². The average Bonchev–Trinajstić information content (AvgIpc) is 2.54. The normalized spacial score (nSPS) is 13.8. The van der Waals surface area contributed by atoms with Crippen LogP contribution in [0.4, 0.5) is 0 Å². The molecule has 0 spiro atoms. The van der Waals surface area contributed by atoms with Gasteiger partial charge in [-0.2, -0.15) is 0 Å². The first-order valence-electron chi connectivity index (χ1n) is 11.2. The van der Waals surface area contributed by atoms with Crippen LogP contribution >= 0.6 is 26.3 Å². The zero-order valence-corrected chi connectivity index (χ0v) is 20.6. The fraction of sp³-hybridized carbons (Fsp3) is 1.00. The molecule has 0 fully saturated rings. The average molecular weight is 471 g/mol. The molecule has 0 nitrogen and oxygen atoms in total. The molecule has 0 aliphatic carbocycles. The summed E-state index contributed by atoms with van der Waals surface area (Å²) in [6.07, 6.45) is 26.5. The van der Waals surface area contributed by atoms with Crippen molar-refractivity contribution in [3.8, 4) is 0 Å². The molecule has 0 aromatic rings.